The molecule has 3 amide bonds. The average molecular weight is 746 g/mol. The van der Waals surface area contributed by atoms with Crippen LogP contribution in [-0.2, 0) is 25.1 Å². The maximum Gasteiger partial charge on any atom is 0.318 e. The van der Waals surface area contributed by atoms with Gasteiger partial charge in [-0.15, -0.1) is 0 Å². The number of rotatable bonds is 11. The molecular weight excluding hydrogens is 703 g/mol. The molecule has 0 aliphatic carbocycles. The summed E-state index contributed by atoms with van der Waals surface area (Å²) >= 11 is 0. The van der Waals surface area contributed by atoms with Crippen molar-refractivity contribution in [2.24, 2.45) is 0 Å². The largest absolute Gasteiger partial charge is 0.497 e. The number of carbonyl (C=O) groups is 2. The molecule has 0 spiro atoms. The third-order valence-electron chi connectivity index (χ3n) is 10.9. The molecule has 0 saturated carbocycles. The van der Waals surface area contributed by atoms with E-state index in [-0.39, 0.29) is 44.9 Å². The number of hydrogen-bond acceptors (Lipinski definition) is 12. The highest BCUT2D eigenvalue weighted by atomic mass is 32.2. The number of likely N-dealkylation sites (N-methyl/N-ethyl adjacent to an activating group) is 1. The Morgan fingerprint density at radius 2 is 1.79 bits per heavy atom. The maximum atomic E-state index is 15.1. The summed E-state index contributed by atoms with van der Waals surface area (Å²) in [6.45, 7) is 7.44. The zero-order valence-electron chi connectivity index (χ0n) is 30.1. The van der Waals surface area contributed by atoms with Gasteiger partial charge in [-0.25, -0.2) is 18.2 Å². The Labute approximate surface area is 309 Å². The van der Waals surface area contributed by atoms with E-state index in [1.165, 1.54) is 63.9 Å². The van der Waals surface area contributed by atoms with Crippen LogP contribution in [0, 0.1) is 11.3 Å². The van der Waals surface area contributed by atoms with Gasteiger partial charge in [0.25, 0.3) is 15.9 Å². The van der Waals surface area contributed by atoms with Crippen LogP contribution in [0.25, 0.3) is 0 Å². The lowest BCUT2D eigenvalue weighted by Crippen LogP contribution is -2.67. The molecule has 280 valence electrons. The van der Waals surface area contributed by atoms with Gasteiger partial charge in [-0.2, -0.15) is 9.57 Å². The first-order valence-corrected chi connectivity index (χ1v) is 19.1. The molecule has 3 fully saturated rings. The first-order valence-electron chi connectivity index (χ1n) is 17.6. The highest BCUT2D eigenvalue weighted by molar-refractivity contribution is 7.93. The number of benzene rings is 2. The molecule has 4 aliphatic heterocycles. The lowest BCUT2D eigenvalue weighted by Gasteiger charge is -2.50. The summed E-state index contributed by atoms with van der Waals surface area (Å²) in [6, 6.07) is 14.1. The fraction of sp³-hybridized carbons (Fsp3) is 0.459. The monoisotopic (exact) mass is 745 g/mol. The van der Waals surface area contributed by atoms with Gasteiger partial charge in [-0.05, 0) is 61.9 Å². The van der Waals surface area contributed by atoms with E-state index in [1.807, 2.05) is 0 Å². The molecule has 5 heterocycles. The number of nitrogens with zero attached hydrogens (tertiary/aromatic N) is 6. The summed E-state index contributed by atoms with van der Waals surface area (Å²) in [4.78, 5) is 40.0. The quantitative estimate of drug-likeness (QED) is 0.305. The third kappa shape index (κ3) is 6.11. The summed E-state index contributed by atoms with van der Waals surface area (Å²) in [7, 11) is -0.585. The molecule has 3 aromatic rings. The number of methoxy groups -OCH3 is 3. The number of anilines is 1. The first-order chi connectivity index (χ1) is 25.6. The van der Waals surface area contributed by atoms with Crippen LogP contribution in [0.1, 0.15) is 36.5 Å². The van der Waals surface area contributed by atoms with Crippen molar-refractivity contribution in [1.29, 1.82) is 5.26 Å². The van der Waals surface area contributed by atoms with Crippen LogP contribution < -0.4 is 23.8 Å². The summed E-state index contributed by atoms with van der Waals surface area (Å²) in [5.41, 5.74) is -1.86. The highest BCUT2D eigenvalue weighted by Gasteiger charge is 2.59. The number of ether oxygens (including phenoxy) is 4. The SMILES string of the molecule is CCN(C1CCN(C2CN(C(=O)NC3(c4cccnc4OC)C(=O)N(S(=O)(=O)c4ccc(OC)cc4OC)c4ccc(C#N)cc43)C2)CC1)C1COC1. The van der Waals surface area contributed by atoms with Crippen molar-refractivity contribution in [2.45, 2.75) is 48.3 Å². The number of urea groups is 1. The summed E-state index contributed by atoms with van der Waals surface area (Å²) in [5.74, 6) is -0.715. The molecule has 0 radical (unpaired) electrons. The molecule has 2 aromatic carbocycles. The van der Waals surface area contributed by atoms with E-state index in [9.17, 15) is 18.5 Å². The number of aromatic nitrogens is 1. The van der Waals surface area contributed by atoms with Crippen LogP contribution in [0.15, 0.2) is 59.6 Å². The molecule has 15 nitrogen and oxygen atoms in total. The van der Waals surface area contributed by atoms with Gasteiger partial charge in [0.15, 0.2) is 5.54 Å². The first kappa shape index (κ1) is 36.4. The summed E-state index contributed by atoms with van der Waals surface area (Å²) in [5, 5.41) is 12.9. The zero-order chi connectivity index (χ0) is 37.5. The van der Waals surface area contributed by atoms with Gasteiger partial charge >= 0.3 is 6.03 Å². The lowest BCUT2D eigenvalue weighted by molar-refractivity contribution is -0.121. The van der Waals surface area contributed by atoms with Gasteiger partial charge in [0, 0.05) is 56.1 Å². The van der Waals surface area contributed by atoms with Crippen molar-refractivity contribution in [3.63, 3.8) is 0 Å². The molecule has 0 bridgehead atoms. The van der Waals surface area contributed by atoms with Gasteiger partial charge in [-0.1, -0.05) is 6.92 Å². The number of likely N-dealkylation sites (tertiary alicyclic amines) is 2. The maximum absolute atomic E-state index is 15.1. The zero-order valence-corrected chi connectivity index (χ0v) is 31.0. The Morgan fingerprint density at radius 1 is 1.04 bits per heavy atom. The van der Waals surface area contributed by atoms with Crippen molar-refractivity contribution in [1.82, 2.24) is 25.0 Å². The van der Waals surface area contributed by atoms with E-state index in [2.05, 4.69) is 33.1 Å². The van der Waals surface area contributed by atoms with Gasteiger partial charge < -0.3 is 29.2 Å². The smallest absolute Gasteiger partial charge is 0.318 e. The molecule has 1 aromatic heterocycles. The third-order valence-corrected chi connectivity index (χ3v) is 12.6. The summed E-state index contributed by atoms with van der Waals surface area (Å²) < 4.78 is 51.6. The van der Waals surface area contributed by atoms with Crippen LogP contribution in [0.4, 0.5) is 10.5 Å². The standard InChI is InChI=1S/C37H43N7O8S/c1-5-43(27-22-52-23-27)25-12-15-41(16-13-25)26-20-42(21-26)36(46)40-37(29-7-6-14-39-34(29)51-4)30-17-24(19-38)8-10-31(30)44(35(37)45)53(47,48)33-11-9-28(49-2)18-32(33)50-3/h6-11,14,17-18,25-27H,5,12-13,15-16,20-23H2,1-4H3,(H,40,46). The molecule has 3 saturated heterocycles. The van der Waals surface area contributed by atoms with Crippen LogP contribution >= 0.6 is 0 Å². The second-order valence-corrected chi connectivity index (χ2v) is 15.3. The number of carbonyl (C=O) groups excluding carboxylic acids is 2. The fourth-order valence-electron chi connectivity index (χ4n) is 7.98. The molecule has 4 aliphatic rings. The van der Waals surface area contributed by atoms with E-state index >= 15 is 4.79 Å². The van der Waals surface area contributed by atoms with Gasteiger partial charge in [0.2, 0.25) is 5.88 Å². The van der Waals surface area contributed by atoms with Gasteiger partial charge in [0.1, 0.15) is 16.4 Å². The topological polar surface area (TPSA) is 167 Å². The average Bonchev–Trinajstić information content (AvgIpc) is 3.39. The number of nitrogens with one attached hydrogen (secondary N) is 1. The van der Waals surface area contributed by atoms with Crippen LogP contribution in [0.2, 0.25) is 0 Å². The van der Waals surface area contributed by atoms with Crippen LogP contribution in [0.5, 0.6) is 17.4 Å². The van der Waals surface area contributed by atoms with Crippen molar-refractivity contribution in [3.05, 3.63) is 71.4 Å². The lowest BCUT2D eigenvalue weighted by atomic mass is 9.83. The van der Waals surface area contributed by atoms with E-state index in [0.717, 1.165) is 45.7 Å². The fourth-order valence-corrected chi connectivity index (χ4v) is 9.58. The van der Waals surface area contributed by atoms with E-state index in [1.54, 1.807) is 17.0 Å². The molecule has 1 unspecified atom stereocenters. The minimum Gasteiger partial charge on any atom is -0.497 e. The van der Waals surface area contributed by atoms with Crippen molar-refractivity contribution in [2.75, 3.05) is 71.6 Å². The van der Waals surface area contributed by atoms with E-state index in [4.69, 9.17) is 18.9 Å². The van der Waals surface area contributed by atoms with E-state index in [0.29, 0.717) is 35.2 Å². The number of pyridine rings is 1. The highest BCUT2D eigenvalue weighted by Crippen LogP contribution is 2.50. The Balaban J connectivity index is 1.21. The van der Waals surface area contributed by atoms with Crippen molar-refractivity contribution < 1.29 is 37.0 Å². The second-order valence-electron chi connectivity index (χ2n) is 13.5. The number of sulfonamides is 1. The van der Waals surface area contributed by atoms with E-state index < -0.39 is 27.5 Å². The number of amides is 3. The predicted molar refractivity (Wildman–Crippen MR) is 192 cm³/mol. The normalized spacial score (nSPS) is 21.1. The molecular formula is C37H43N7O8S. The Kier molecular flexibility index (Phi) is 9.94. The Morgan fingerprint density at radius 3 is 2.42 bits per heavy atom. The number of piperidine rings is 1. The molecule has 16 heteroatoms. The number of nitriles is 1. The Bertz CT molecular complexity index is 2040. The van der Waals surface area contributed by atoms with Crippen LogP contribution in [-0.4, -0.2) is 125 Å². The summed E-state index contributed by atoms with van der Waals surface area (Å²) in [6.07, 6.45) is 3.53. The van der Waals surface area contributed by atoms with Crippen molar-refractivity contribution >= 4 is 27.6 Å². The molecule has 7 rings (SSSR count). The molecule has 1 N–H and O–H groups in total. The predicted octanol–water partition coefficient (Wildman–Crippen LogP) is 2.54. The van der Waals surface area contributed by atoms with Crippen molar-refractivity contribution in [3.8, 4) is 23.4 Å². The molecule has 1 atom stereocenters. The minimum atomic E-state index is -4.70. The Hall–Kier alpha value is -4.95. The van der Waals surface area contributed by atoms with Gasteiger partial charge in [0.05, 0.1) is 63.5 Å². The number of fused-ring (bicyclic) bond motifs is 1. The van der Waals surface area contributed by atoms with Crippen LogP contribution in [0.3, 0.4) is 0 Å². The number of hydrogen-bond donors (Lipinski definition) is 1. The second kappa shape index (κ2) is 14.5. The molecule has 53 heavy (non-hydrogen) atoms. The van der Waals surface area contributed by atoms with Gasteiger partial charge in [-0.3, -0.25) is 14.6 Å². The minimum absolute atomic E-state index is 0.00493.